The number of furan rings is 1. The van der Waals surface area contributed by atoms with Gasteiger partial charge in [-0.2, -0.15) is 5.10 Å². The molecule has 0 bridgehead atoms. The minimum absolute atomic E-state index is 0.649. The maximum absolute atomic E-state index is 10.3. The molecule has 1 atom stereocenters. The van der Waals surface area contributed by atoms with Crippen LogP contribution in [-0.2, 0) is 6.54 Å². The standard InChI is InChI=1S/C20H19N3O2/c1-14-6-8-15(9-7-14)12-23-18-5-3-2-4-17(18)19(22-23)21-20(24)16-10-11-25-13-16/h2-11,13,20,24H,12H2,1H3,(H,21,22). The number of nitrogens with zero attached hydrogens (tertiary/aromatic N) is 2. The van der Waals surface area contributed by atoms with Crippen molar-refractivity contribution in [1.82, 2.24) is 9.78 Å². The van der Waals surface area contributed by atoms with Gasteiger partial charge in [0.2, 0.25) is 0 Å². The number of hydrogen-bond acceptors (Lipinski definition) is 4. The number of aromatic nitrogens is 2. The lowest BCUT2D eigenvalue weighted by molar-refractivity contribution is 0.206. The molecule has 2 N–H and O–H groups in total. The first-order chi connectivity index (χ1) is 12.2. The summed E-state index contributed by atoms with van der Waals surface area (Å²) in [7, 11) is 0. The smallest absolute Gasteiger partial charge is 0.158 e. The monoisotopic (exact) mass is 333 g/mol. The van der Waals surface area contributed by atoms with Gasteiger partial charge in [0, 0.05) is 10.9 Å². The molecule has 4 aromatic rings. The van der Waals surface area contributed by atoms with Crippen LogP contribution in [0.2, 0.25) is 0 Å². The Kier molecular flexibility index (Phi) is 3.99. The van der Waals surface area contributed by atoms with Crippen LogP contribution in [0.1, 0.15) is 22.9 Å². The normalized spacial score (nSPS) is 12.4. The molecule has 2 aromatic carbocycles. The number of hydrogen-bond donors (Lipinski definition) is 2. The van der Waals surface area contributed by atoms with Crippen LogP contribution in [0.5, 0.6) is 0 Å². The van der Waals surface area contributed by atoms with Gasteiger partial charge in [-0.25, -0.2) is 0 Å². The number of para-hydroxylation sites is 1. The van der Waals surface area contributed by atoms with Crippen LogP contribution in [0.25, 0.3) is 10.9 Å². The zero-order valence-electron chi connectivity index (χ0n) is 13.9. The number of rotatable bonds is 5. The number of nitrogens with one attached hydrogen (secondary N) is 1. The molecule has 0 aliphatic heterocycles. The third-order valence-electron chi connectivity index (χ3n) is 4.24. The Morgan fingerprint density at radius 3 is 2.68 bits per heavy atom. The molecule has 5 heteroatoms. The molecule has 0 saturated carbocycles. The highest BCUT2D eigenvalue weighted by atomic mass is 16.3. The number of fused-ring (bicyclic) bond motifs is 1. The topological polar surface area (TPSA) is 63.2 Å². The number of aryl methyl sites for hydroxylation is 1. The highest BCUT2D eigenvalue weighted by Gasteiger charge is 2.15. The molecule has 2 aromatic heterocycles. The quantitative estimate of drug-likeness (QED) is 0.540. The van der Waals surface area contributed by atoms with Crippen LogP contribution in [-0.4, -0.2) is 14.9 Å². The second-order valence-corrected chi connectivity index (χ2v) is 6.11. The molecular weight excluding hydrogens is 314 g/mol. The molecule has 4 rings (SSSR count). The fourth-order valence-corrected chi connectivity index (χ4v) is 2.86. The Bertz CT molecular complexity index is 972. The first-order valence-corrected chi connectivity index (χ1v) is 8.18. The predicted octanol–water partition coefficient (Wildman–Crippen LogP) is 4.09. The Hall–Kier alpha value is -3.05. The van der Waals surface area contributed by atoms with Crippen molar-refractivity contribution >= 4 is 16.7 Å². The molecule has 0 fully saturated rings. The average Bonchev–Trinajstić information content (AvgIpc) is 3.27. The van der Waals surface area contributed by atoms with Gasteiger partial charge in [-0.05, 0) is 30.7 Å². The molecule has 25 heavy (non-hydrogen) atoms. The number of aliphatic hydroxyl groups is 1. The fraction of sp³-hybridized carbons (Fsp3) is 0.150. The van der Waals surface area contributed by atoms with E-state index in [0.29, 0.717) is 17.9 Å². The van der Waals surface area contributed by atoms with Crippen molar-refractivity contribution in [2.24, 2.45) is 0 Å². The van der Waals surface area contributed by atoms with Gasteiger partial charge in [-0.1, -0.05) is 42.0 Å². The van der Waals surface area contributed by atoms with Gasteiger partial charge < -0.3 is 14.8 Å². The van der Waals surface area contributed by atoms with E-state index in [4.69, 9.17) is 4.42 Å². The van der Waals surface area contributed by atoms with Gasteiger partial charge >= 0.3 is 0 Å². The van der Waals surface area contributed by atoms with E-state index < -0.39 is 6.23 Å². The summed E-state index contributed by atoms with van der Waals surface area (Å²) >= 11 is 0. The SMILES string of the molecule is Cc1ccc(Cn2nc(NC(O)c3ccoc3)c3ccccc32)cc1. The highest BCUT2D eigenvalue weighted by molar-refractivity contribution is 5.90. The predicted molar refractivity (Wildman–Crippen MR) is 97.3 cm³/mol. The third-order valence-corrected chi connectivity index (χ3v) is 4.24. The average molecular weight is 333 g/mol. The summed E-state index contributed by atoms with van der Waals surface area (Å²) < 4.78 is 6.98. The van der Waals surface area contributed by atoms with E-state index in [-0.39, 0.29) is 0 Å². The maximum Gasteiger partial charge on any atom is 0.158 e. The summed E-state index contributed by atoms with van der Waals surface area (Å²) in [5.74, 6) is 0.649. The summed E-state index contributed by atoms with van der Waals surface area (Å²) in [5.41, 5.74) is 4.10. The van der Waals surface area contributed by atoms with Crippen LogP contribution in [0, 0.1) is 6.92 Å². The van der Waals surface area contributed by atoms with Crippen molar-refractivity contribution in [2.75, 3.05) is 5.32 Å². The van der Waals surface area contributed by atoms with Crippen molar-refractivity contribution in [3.8, 4) is 0 Å². The third kappa shape index (κ3) is 3.14. The maximum atomic E-state index is 10.3. The van der Waals surface area contributed by atoms with Gasteiger partial charge in [0.05, 0.1) is 24.6 Å². The molecular formula is C20H19N3O2. The van der Waals surface area contributed by atoms with Crippen molar-refractivity contribution in [3.63, 3.8) is 0 Å². The lowest BCUT2D eigenvalue weighted by Crippen LogP contribution is -2.10. The van der Waals surface area contributed by atoms with Crippen molar-refractivity contribution < 1.29 is 9.52 Å². The molecule has 0 saturated heterocycles. The molecule has 0 aliphatic rings. The molecule has 1 unspecified atom stereocenters. The number of aliphatic hydroxyl groups excluding tert-OH is 1. The Morgan fingerprint density at radius 1 is 1.12 bits per heavy atom. The van der Waals surface area contributed by atoms with Crippen LogP contribution in [0.4, 0.5) is 5.82 Å². The zero-order chi connectivity index (χ0) is 17.2. The summed E-state index contributed by atoms with van der Waals surface area (Å²) in [6.07, 6.45) is 2.18. The fourth-order valence-electron chi connectivity index (χ4n) is 2.86. The summed E-state index contributed by atoms with van der Waals surface area (Å²) in [6, 6.07) is 18.1. The van der Waals surface area contributed by atoms with E-state index >= 15 is 0 Å². The van der Waals surface area contributed by atoms with Crippen molar-refractivity contribution in [3.05, 3.63) is 83.8 Å². The largest absolute Gasteiger partial charge is 0.472 e. The van der Waals surface area contributed by atoms with Gasteiger partial charge in [0.25, 0.3) is 0 Å². The summed E-state index contributed by atoms with van der Waals surface area (Å²) in [5, 5.41) is 19.0. The van der Waals surface area contributed by atoms with E-state index in [2.05, 4.69) is 41.6 Å². The van der Waals surface area contributed by atoms with Gasteiger partial charge in [-0.3, -0.25) is 4.68 Å². The molecule has 5 nitrogen and oxygen atoms in total. The minimum atomic E-state index is -0.870. The molecule has 2 heterocycles. The first kappa shape index (κ1) is 15.5. The van der Waals surface area contributed by atoms with Gasteiger partial charge in [-0.15, -0.1) is 0 Å². The number of benzene rings is 2. The molecule has 0 amide bonds. The van der Waals surface area contributed by atoms with Crippen molar-refractivity contribution in [2.45, 2.75) is 19.7 Å². The lowest BCUT2D eigenvalue weighted by Gasteiger charge is -2.10. The Morgan fingerprint density at radius 2 is 1.92 bits per heavy atom. The Balaban J connectivity index is 1.67. The van der Waals surface area contributed by atoms with E-state index in [0.717, 1.165) is 10.9 Å². The minimum Gasteiger partial charge on any atom is -0.472 e. The van der Waals surface area contributed by atoms with E-state index in [1.165, 1.54) is 23.7 Å². The van der Waals surface area contributed by atoms with E-state index in [1.807, 2.05) is 28.9 Å². The first-order valence-electron chi connectivity index (χ1n) is 8.18. The summed E-state index contributed by atoms with van der Waals surface area (Å²) in [4.78, 5) is 0. The Labute approximate surface area is 145 Å². The zero-order valence-corrected chi connectivity index (χ0v) is 13.9. The molecule has 126 valence electrons. The molecule has 0 radical (unpaired) electrons. The van der Waals surface area contributed by atoms with Crippen LogP contribution in [0.3, 0.4) is 0 Å². The second kappa shape index (κ2) is 6.45. The lowest BCUT2D eigenvalue weighted by atomic mass is 10.1. The number of anilines is 1. The molecule has 0 aliphatic carbocycles. The van der Waals surface area contributed by atoms with Crippen LogP contribution >= 0.6 is 0 Å². The van der Waals surface area contributed by atoms with Gasteiger partial charge in [0.15, 0.2) is 12.0 Å². The molecule has 0 spiro atoms. The van der Waals surface area contributed by atoms with Crippen molar-refractivity contribution in [1.29, 1.82) is 0 Å². The van der Waals surface area contributed by atoms with Gasteiger partial charge in [0.1, 0.15) is 0 Å². The summed E-state index contributed by atoms with van der Waals surface area (Å²) in [6.45, 7) is 2.75. The van der Waals surface area contributed by atoms with E-state index in [9.17, 15) is 5.11 Å². The van der Waals surface area contributed by atoms with E-state index in [1.54, 1.807) is 6.07 Å². The van der Waals surface area contributed by atoms with Crippen LogP contribution in [0.15, 0.2) is 71.5 Å². The second-order valence-electron chi connectivity index (χ2n) is 6.11. The highest BCUT2D eigenvalue weighted by Crippen LogP contribution is 2.26. The van der Waals surface area contributed by atoms with Crippen LogP contribution < -0.4 is 5.32 Å².